The number of hydrogen-bond acceptors (Lipinski definition) is 2. The Hall–Kier alpha value is -0.300. The van der Waals surface area contributed by atoms with Crippen LogP contribution in [0.3, 0.4) is 0 Å². The van der Waals surface area contributed by atoms with Crippen LogP contribution < -0.4 is 5.32 Å². The van der Waals surface area contributed by atoms with Crippen LogP contribution in [-0.2, 0) is 4.74 Å². The van der Waals surface area contributed by atoms with Gasteiger partial charge in [0.25, 0.3) is 0 Å². The quantitative estimate of drug-likeness (QED) is 0.347. The van der Waals surface area contributed by atoms with Gasteiger partial charge in [-0.2, -0.15) is 0 Å². The molecule has 2 aliphatic heterocycles. The van der Waals surface area contributed by atoms with E-state index in [-0.39, 0.29) is 24.0 Å². The SMILES string of the molecule is CN=C(NCCC1=CCOCC1)N1CCCC(C)C1.I. The van der Waals surface area contributed by atoms with E-state index in [9.17, 15) is 0 Å². The van der Waals surface area contributed by atoms with E-state index in [1.54, 1.807) is 0 Å². The molecule has 0 bridgehead atoms. The maximum Gasteiger partial charge on any atom is 0.193 e. The van der Waals surface area contributed by atoms with E-state index >= 15 is 0 Å². The summed E-state index contributed by atoms with van der Waals surface area (Å²) in [5.74, 6) is 1.85. The molecule has 1 fully saturated rings. The minimum Gasteiger partial charge on any atom is -0.377 e. The molecule has 0 aliphatic carbocycles. The van der Waals surface area contributed by atoms with Crippen molar-refractivity contribution in [1.29, 1.82) is 0 Å². The van der Waals surface area contributed by atoms with Crippen molar-refractivity contribution in [1.82, 2.24) is 10.2 Å². The summed E-state index contributed by atoms with van der Waals surface area (Å²) in [6, 6.07) is 0. The standard InChI is InChI=1S/C15H27N3O.HI/c1-13-4-3-9-18(12-13)15(16-2)17-8-5-14-6-10-19-11-7-14;/h6,13H,3-5,7-12H2,1-2H3,(H,16,17);1H. The fraction of sp³-hybridized carbons (Fsp3) is 0.800. The normalized spacial score (nSPS) is 23.9. The molecule has 20 heavy (non-hydrogen) atoms. The van der Waals surface area contributed by atoms with E-state index in [1.165, 1.54) is 18.4 Å². The van der Waals surface area contributed by atoms with Crippen LogP contribution in [0.15, 0.2) is 16.6 Å². The van der Waals surface area contributed by atoms with E-state index in [0.29, 0.717) is 0 Å². The zero-order valence-corrected chi connectivity index (χ0v) is 15.1. The summed E-state index contributed by atoms with van der Waals surface area (Å²) in [4.78, 5) is 6.81. The lowest BCUT2D eigenvalue weighted by molar-refractivity contribution is 0.153. The average molecular weight is 393 g/mol. The van der Waals surface area contributed by atoms with Gasteiger partial charge in [0.2, 0.25) is 0 Å². The van der Waals surface area contributed by atoms with Crippen molar-refractivity contribution in [2.24, 2.45) is 10.9 Å². The summed E-state index contributed by atoms with van der Waals surface area (Å²) in [5, 5.41) is 3.50. The first kappa shape index (κ1) is 17.8. The van der Waals surface area contributed by atoms with Crippen LogP contribution in [0.5, 0.6) is 0 Å². The molecule has 2 heterocycles. The Balaban J connectivity index is 0.00000200. The fourth-order valence-electron chi connectivity index (χ4n) is 2.84. The van der Waals surface area contributed by atoms with Gasteiger partial charge in [0, 0.05) is 26.7 Å². The molecule has 0 aromatic heterocycles. The predicted molar refractivity (Wildman–Crippen MR) is 94.9 cm³/mol. The third-order valence-corrected chi connectivity index (χ3v) is 3.95. The van der Waals surface area contributed by atoms with Crippen molar-refractivity contribution < 1.29 is 4.74 Å². The van der Waals surface area contributed by atoms with Crippen molar-refractivity contribution in [2.45, 2.75) is 32.6 Å². The minimum absolute atomic E-state index is 0. The van der Waals surface area contributed by atoms with Gasteiger partial charge in [-0.05, 0) is 31.6 Å². The number of hydrogen-bond donors (Lipinski definition) is 1. The maximum atomic E-state index is 5.33. The second-order valence-electron chi connectivity index (χ2n) is 5.60. The molecule has 116 valence electrons. The van der Waals surface area contributed by atoms with Crippen LogP contribution in [0.4, 0.5) is 0 Å². The maximum absolute atomic E-state index is 5.33. The molecule has 4 nitrogen and oxygen atoms in total. The molecule has 2 rings (SSSR count). The molecule has 1 N–H and O–H groups in total. The van der Waals surface area contributed by atoms with Crippen LogP contribution in [0, 0.1) is 5.92 Å². The fourth-order valence-corrected chi connectivity index (χ4v) is 2.84. The second-order valence-corrected chi connectivity index (χ2v) is 5.60. The summed E-state index contributed by atoms with van der Waals surface area (Å²) in [7, 11) is 1.88. The predicted octanol–water partition coefficient (Wildman–Crippen LogP) is 2.65. The number of aliphatic imine (C=N–C) groups is 1. The van der Waals surface area contributed by atoms with Crippen molar-refractivity contribution in [3.63, 3.8) is 0 Å². The highest BCUT2D eigenvalue weighted by molar-refractivity contribution is 14.0. The number of rotatable bonds is 3. The molecule has 1 saturated heterocycles. The Labute approximate surface area is 140 Å². The molecule has 0 aromatic rings. The molecule has 0 aromatic carbocycles. The number of piperidine rings is 1. The van der Waals surface area contributed by atoms with E-state index in [2.05, 4.69) is 28.2 Å². The first-order valence-corrected chi connectivity index (χ1v) is 7.51. The van der Waals surface area contributed by atoms with E-state index in [1.807, 2.05) is 7.05 Å². The monoisotopic (exact) mass is 393 g/mol. The molecule has 5 heteroatoms. The number of nitrogens with zero attached hydrogens (tertiary/aromatic N) is 2. The number of halogens is 1. The molecule has 0 spiro atoms. The molecule has 2 aliphatic rings. The third kappa shape index (κ3) is 5.60. The smallest absolute Gasteiger partial charge is 0.193 e. The van der Waals surface area contributed by atoms with Gasteiger partial charge < -0.3 is 15.0 Å². The Morgan fingerprint density at radius 1 is 1.55 bits per heavy atom. The van der Waals surface area contributed by atoms with Crippen LogP contribution in [0.25, 0.3) is 0 Å². The lowest BCUT2D eigenvalue weighted by atomic mass is 10.0. The highest BCUT2D eigenvalue weighted by Crippen LogP contribution is 2.15. The Morgan fingerprint density at radius 2 is 2.40 bits per heavy atom. The van der Waals surface area contributed by atoms with Crippen molar-refractivity contribution in [2.75, 3.05) is 39.9 Å². The van der Waals surface area contributed by atoms with E-state index in [4.69, 9.17) is 4.74 Å². The number of nitrogens with one attached hydrogen (secondary N) is 1. The van der Waals surface area contributed by atoms with Gasteiger partial charge in [-0.3, -0.25) is 4.99 Å². The third-order valence-electron chi connectivity index (χ3n) is 3.95. The summed E-state index contributed by atoms with van der Waals surface area (Å²) in [5.41, 5.74) is 1.52. The van der Waals surface area contributed by atoms with Gasteiger partial charge in [-0.1, -0.05) is 18.6 Å². The van der Waals surface area contributed by atoms with Crippen molar-refractivity contribution in [3.05, 3.63) is 11.6 Å². The molecule has 1 unspecified atom stereocenters. The first-order valence-electron chi connectivity index (χ1n) is 7.51. The molecule has 0 saturated carbocycles. The zero-order chi connectivity index (χ0) is 13.5. The lowest BCUT2D eigenvalue weighted by Crippen LogP contribution is -2.46. The largest absolute Gasteiger partial charge is 0.377 e. The molecular formula is C15H28IN3O. The van der Waals surface area contributed by atoms with Crippen LogP contribution in [0.1, 0.15) is 32.6 Å². The number of guanidine groups is 1. The van der Waals surface area contributed by atoms with Crippen LogP contribution >= 0.6 is 24.0 Å². The summed E-state index contributed by atoms with van der Waals surface area (Å²) in [6.07, 6.45) is 7.04. The van der Waals surface area contributed by atoms with Crippen LogP contribution in [0.2, 0.25) is 0 Å². The highest BCUT2D eigenvalue weighted by Gasteiger charge is 2.18. The molecule has 1 atom stereocenters. The van der Waals surface area contributed by atoms with Gasteiger partial charge in [-0.15, -0.1) is 24.0 Å². The van der Waals surface area contributed by atoms with Crippen molar-refractivity contribution in [3.8, 4) is 0 Å². The molecular weight excluding hydrogens is 365 g/mol. The molecule has 0 radical (unpaired) electrons. The second kappa shape index (κ2) is 9.60. The average Bonchev–Trinajstić information content (AvgIpc) is 2.45. The van der Waals surface area contributed by atoms with Gasteiger partial charge in [0.15, 0.2) is 5.96 Å². The molecule has 0 amide bonds. The number of ether oxygens (including phenoxy) is 1. The van der Waals surface area contributed by atoms with Gasteiger partial charge in [0.1, 0.15) is 0 Å². The zero-order valence-electron chi connectivity index (χ0n) is 12.7. The topological polar surface area (TPSA) is 36.9 Å². The Morgan fingerprint density at radius 3 is 3.05 bits per heavy atom. The lowest BCUT2D eigenvalue weighted by Gasteiger charge is -2.33. The summed E-state index contributed by atoms with van der Waals surface area (Å²) in [6.45, 7) is 7.24. The van der Waals surface area contributed by atoms with E-state index < -0.39 is 0 Å². The van der Waals surface area contributed by atoms with Gasteiger partial charge >= 0.3 is 0 Å². The summed E-state index contributed by atoms with van der Waals surface area (Å²) >= 11 is 0. The van der Waals surface area contributed by atoms with Gasteiger partial charge in [-0.25, -0.2) is 0 Å². The highest BCUT2D eigenvalue weighted by atomic mass is 127. The first-order chi connectivity index (χ1) is 9.29. The Bertz CT molecular complexity index is 344. The summed E-state index contributed by atoms with van der Waals surface area (Å²) < 4.78 is 5.33. The Kier molecular flexibility index (Phi) is 8.52. The van der Waals surface area contributed by atoms with Crippen LogP contribution in [-0.4, -0.2) is 50.8 Å². The van der Waals surface area contributed by atoms with Crippen molar-refractivity contribution >= 4 is 29.9 Å². The minimum atomic E-state index is 0. The number of likely N-dealkylation sites (tertiary alicyclic amines) is 1. The van der Waals surface area contributed by atoms with Gasteiger partial charge in [0.05, 0.1) is 13.2 Å². The van der Waals surface area contributed by atoms with E-state index in [0.717, 1.165) is 57.6 Å².